The normalized spacial score (nSPS) is 13.1. The van der Waals surface area contributed by atoms with Crippen LogP contribution in [0.15, 0.2) is 29.2 Å². The summed E-state index contributed by atoms with van der Waals surface area (Å²) in [6, 6.07) is 0. The summed E-state index contributed by atoms with van der Waals surface area (Å²) in [7, 11) is 0. The number of nitrogens with zero attached hydrogens (tertiary/aromatic N) is 1. The minimum atomic E-state index is -1.01. The Morgan fingerprint density at radius 2 is 2.35 bits per heavy atom. The number of carbonyl (C=O) groups is 1. The third-order valence-corrected chi connectivity index (χ3v) is 2.82. The molecule has 0 spiro atoms. The molecule has 0 bridgehead atoms. The number of aromatic carboxylic acids is 1. The van der Waals surface area contributed by atoms with Gasteiger partial charge in [0.2, 0.25) is 0 Å². The molecule has 0 atom stereocenters. The maximum Gasteiger partial charge on any atom is 0.337 e. The number of carboxylic acids is 1. The van der Waals surface area contributed by atoms with Crippen molar-refractivity contribution in [2.24, 2.45) is 0 Å². The fourth-order valence-electron chi connectivity index (χ4n) is 2.09. The van der Waals surface area contributed by atoms with E-state index in [1.807, 2.05) is 6.92 Å². The van der Waals surface area contributed by atoms with E-state index in [-0.39, 0.29) is 11.1 Å². The van der Waals surface area contributed by atoms with Gasteiger partial charge >= 0.3 is 5.97 Å². The van der Waals surface area contributed by atoms with Gasteiger partial charge in [-0.3, -0.25) is 4.79 Å². The van der Waals surface area contributed by atoms with Crippen LogP contribution in [-0.4, -0.2) is 15.6 Å². The maximum atomic E-state index is 12.1. The Kier molecular flexibility index (Phi) is 2.71. The highest BCUT2D eigenvalue weighted by molar-refractivity contribution is 5.93. The monoisotopic (exact) mass is 231 g/mol. The standard InChI is InChI=1S/C13H13NO3/c1-3-4-14-7-11(13(16)17)9-5-8(2)6-10(9)12(14)15/h3,5,7H,1,4,6H2,2H3,(H,16,17). The summed E-state index contributed by atoms with van der Waals surface area (Å²) in [5.41, 5.74) is 2.19. The maximum absolute atomic E-state index is 12.1. The van der Waals surface area contributed by atoms with Gasteiger partial charge in [-0.2, -0.15) is 0 Å². The number of hydrogen-bond acceptors (Lipinski definition) is 2. The lowest BCUT2D eigenvalue weighted by molar-refractivity contribution is 0.0695. The molecule has 0 unspecified atom stereocenters. The van der Waals surface area contributed by atoms with Gasteiger partial charge in [-0.05, 0) is 18.9 Å². The Morgan fingerprint density at radius 1 is 1.65 bits per heavy atom. The van der Waals surface area contributed by atoms with Crippen molar-refractivity contribution >= 4 is 12.0 Å². The van der Waals surface area contributed by atoms with E-state index in [1.54, 1.807) is 12.2 Å². The largest absolute Gasteiger partial charge is 0.478 e. The van der Waals surface area contributed by atoms with Gasteiger partial charge in [0.15, 0.2) is 0 Å². The first-order chi connectivity index (χ1) is 8.04. The average molecular weight is 231 g/mol. The number of allylic oxidation sites excluding steroid dienone is 2. The zero-order valence-corrected chi connectivity index (χ0v) is 9.56. The van der Waals surface area contributed by atoms with E-state index in [4.69, 9.17) is 5.11 Å². The van der Waals surface area contributed by atoms with E-state index in [2.05, 4.69) is 6.58 Å². The number of pyridine rings is 1. The number of rotatable bonds is 3. The van der Waals surface area contributed by atoms with Crippen molar-refractivity contribution in [1.29, 1.82) is 0 Å². The number of aromatic nitrogens is 1. The van der Waals surface area contributed by atoms with Gasteiger partial charge in [0.05, 0.1) is 5.56 Å². The first-order valence-corrected chi connectivity index (χ1v) is 5.32. The van der Waals surface area contributed by atoms with Crippen molar-refractivity contribution in [2.75, 3.05) is 0 Å². The van der Waals surface area contributed by atoms with Crippen molar-refractivity contribution in [3.63, 3.8) is 0 Å². The second-order valence-corrected chi connectivity index (χ2v) is 4.15. The highest BCUT2D eigenvalue weighted by Gasteiger charge is 2.22. The van der Waals surface area contributed by atoms with Gasteiger partial charge in [0.25, 0.3) is 5.56 Å². The van der Waals surface area contributed by atoms with Crippen LogP contribution in [0.3, 0.4) is 0 Å². The van der Waals surface area contributed by atoms with Gasteiger partial charge in [-0.15, -0.1) is 6.58 Å². The molecule has 1 heterocycles. The van der Waals surface area contributed by atoms with E-state index < -0.39 is 5.97 Å². The van der Waals surface area contributed by atoms with Gasteiger partial charge in [0, 0.05) is 18.3 Å². The Hall–Kier alpha value is -2.10. The van der Waals surface area contributed by atoms with Crippen LogP contribution in [0.2, 0.25) is 0 Å². The van der Waals surface area contributed by atoms with Crippen molar-refractivity contribution in [3.05, 3.63) is 51.5 Å². The third-order valence-electron chi connectivity index (χ3n) is 2.82. The zero-order valence-electron chi connectivity index (χ0n) is 9.56. The lowest BCUT2D eigenvalue weighted by atomic mass is 10.1. The van der Waals surface area contributed by atoms with Crippen LogP contribution < -0.4 is 5.56 Å². The fourth-order valence-corrected chi connectivity index (χ4v) is 2.09. The lowest BCUT2D eigenvalue weighted by Gasteiger charge is -2.09. The molecule has 0 aliphatic heterocycles. The van der Waals surface area contributed by atoms with E-state index in [1.165, 1.54) is 10.8 Å². The summed E-state index contributed by atoms with van der Waals surface area (Å²) < 4.78 is 1.39. The molecule has 4 heteroatoms. The van der Waals surface area contributed by atoms with Crippen molar-refractivity contribution in [2.45, 2.75) is 19.9 Å². The second kappa shape index (κ2) is 4.05. The van der Waals surface area contributed by atoms with E-state index in [0.29, 0.717) is 24.1 Å². The van der Waals surface area contributed by atoms with Crippen molar-refractivity contribution in [1.82, 2.24) is 4.57 Å². The molecular formula is C13H13NO3. The SMILES string of the molecule is C=CCn1cc(C(=O)O)c2c(c1=O)CC(C)=C2. The van der Waals surface area contributed by atoms with Crippen LogP contribution >= 0.6 is 0 Å². The summed E-state index contributed by atoms with van der Waals surface area (Å²) in [5.74, 6) is -1.01. The minimum absolute atomic E-state index is 0.127. The summed E-state index contributed by atoms with van der Waals surface area (Å²) >= 11 is 0. The molecule has 1 aromatic heterocycles. The highest BCUT2D eigenvalue weighted by atomic mass is 16.4. The van der Waals surface area contributed by atoms with E-state index in [9.17, 15) is 9.59 Å². The second-order valence-electron chi connectivity index (χ2n) is 4.15. The van der Waals surface area contributed by atoms with E-state index in [0.717, 1.165) is 5.57 Å². The molecule has 0 aromatic carbocycles. The average Bonchev–Trinajstić information content (AvgIpc) is 2.64. The smallest absolute Gasteiger partial charge is 0.337 e. The van der Waals surface area contributed by atoms with Crippen molar-refractivity contribution < 1.29 is 9.90 Å². The molecule has 0 radical (unpaired) electrons. The molecule has 0 saturated carbocycles. The van der Waals surface area contributed by atoms with Crippen LogP contribution in [0, 0.1) is 0 Å². The molecule has 2 rings (SSSR count). The summed E-state index contributed by atoms with van der Waals surface area (Å²) in [5, 5.41) is 9.15. The van der Waals surface area contributed by atoms with Crippen LogP contribution in [0.5, 0.6) is 0 Å². The van der Waals surface area contributed by atoms with Crippen molar-refractivity contribution in [3.8, 4) is 0 Å². The summed E-state index contributed by atoms with van der Waals surface area (Å²) in [6.07, 6.45) is 5.28. The predicted octanol–water partition coefficient (Wildman–Crippen LogP) is 1.69. The fraction of sp³-hybridized carbons (Fsp3) is 0.231. The first kappa shape index (κ1) is 11.4. The zero-order chi connectivity index (χ0) is 12.6. The Balaban J connectivity index is 2.72. The summed E-state index contributed by atoms with van der Waals surface area (Å²) in [6.45, 7) is 5.78. The van der Waals surface area contributed by atoms with Crippen LogP contribution in [0.4, 0.5) is 0 Å². The molecular weight excluding hydrogens is 218 g/mol. The molecule has 0 amide bonds. The number of hydrogen-bond donors (Lipinski definition) is 1. The Bertz CT molecular complexity index is 593. The Morgan fingerprint density at radius 3 is 2.94 bits per heavy atom. The van der Waals surface area contributed by atoms with E-state index >= 15 is 0 Å². The molecule has 1 N–H and O–H groups in total. The molecule has 1 aliphatic rings. The minimum Gasteiger partial charge on any atom is -0.478 e. The highest BCUT2D eigenvalue weighted by Crippen LogP contribution is 2.25. The van der Waals surface area contributed by atoms with Gasteiger partial charge < -0.3 is 9.67 Å². The van der Waals surface area contributed by atoms with Gasteiger partial charge in [-0.1, -0.05) is 17.7 Å². The number of carboxylic acid groups (broad SMARTS) is 1. The van der Waals surface area contributed by atoms with Crippen LogP contribution in [0.1, 0.15) is 28.4 Å². The topological polar surface area (TPSA) is 59.3 Å². The molecule has 0 saturated heterocycles. The summed E-state index contributed by atoms with van der Waals surface area (Å²) in [4.78, 5) is 23.2. The Labute approximate surface area is 98.5 Å². The lowest BCUT2D eigenvalue weighted by Crippen LogP contribution is -2.25. The third kappa shape index (κ3) is 1.82. The predicted molar refractivity (Wildman–Crippen MR) is 65.2 cm³/mol. The number of fused-ring (bicyclic) bond motifs is 1. The van der Waals surface area contributed by atoms with Crippen LogP contribution in [-0.2, 0) is 13.0 Å². The molecule has 1 aromatic rings. The molecule has 88 valence electrons. The van der Waals surface area contributed by atoms with Gasteiger partial charge in [0.1, 0.15) is 0 Å². The van der Waals surface area contributed by atoms with Crippen LogP contribution in [0.25, 0.3) is 6.08 Å². The molecule has 0 fully saturated rings. The molecule has 4 nitrogen and oxygen atoms in total. The van der Waals surface area contributed by atoms with Gasteiger partial charge in [-0.25, -0.2) is 4.79 Å². The molecule has 1 aliphatic carbocycles. The first-order valence-electron chi connectivity index (χ1n) is 5.32. The molecule has 17 heavy (non-hydrogen) atoms. The quantitative estimate of drug-likeness (QED) is 0.805.